The maximum atomic E-state index is 3.76. The van der Waals surface area contributed by atoms with Gasteiger partial charge in [0.05, 0.1) is 0 Å². The zero-order valence-electron chi connectivity index (χ0n) is 9.05. The number of hydrogen-bond donors (Lipinski definition) is 1. The quantitative estimate of drug-likeness (QED) is 0.595. The van der Waals surface area contributed by atoms with Crippen LogP contribution in [0.2, 0.25) is 0 Å². The number of hydrogen-bond acceptors (Lipinski definition) is 1. The molecule has 0 aromatic carbocycles. The van der Waals surface area contributed by atoms with Crippen molar-refractivity contribution in [2.45, 2.75) is 45.6 Å². The van der Waals surface area contributed by atoms with Gasteiger partial charge in [-0.2, -0.15) is 0 Å². The molecule has 0 saturated heterocycles. The standard InChI is InChI=1S/C12H23N/c1-4-6-7-11-9-12(11)8-10(3)13-5-2/h4,10-13H,1,5-9H2,2-3H3. The van der Waals surface area contributed by atoms with Crippen LogP contribution in [-0.4, -0.2) is 12.6 Å². The van der Waals surface area contributed by atoms with Crippen LogP contribution in [0.4, 0.5) is 0 Å². The van der Waals surface area contributed by atoms with Crippen LogP contribution in [0.5, 0.6) is 0 Å². The molecule has 1 aliphatic rings. The van der Waals surface area contributed by atoms with Crippen LogP contribution < -0.4 is 5.32 Å². The molecule has 0 heterocycles. The largest absolute Gasteiger partial charge is 0.315 e. The van der Waals surface area contributed by atoms with Gasteiger partial charge in [0.15, 0.2) is 0 Å². The lowest BCUT2D eigenvalue weighted by atomic mass is 10.1. The van der Waals surface area contributed by atoms with Gasteiger partial charge in [-0.1, -0.05) is 13.0 Å². The third-order valence-corrected chi connectivity index (χ3v) is 3.02. The Balaban J connectivity index is 2.02. The minimum Gasteiger partial charge on any atom is -0.315 e. The smallest absolute Gasteiger partial charge is 0.00413 e. The van der Waals surface area contributed by atoms with Gasteiger partial charge in [-0.25, -0.2) is 0 Å². The number of rotatable bonds is 7. The minimum absolute atomic E-state index is 0.712. The van der Waals surface area contributed by atoms with Gasteiger partial charge in [-0.05, 0) is 51.0 Å². The lowest BCUT2D eigenvalue weighted by molar-refractivity contribution is 0.478. The zero-order valence-corrected chi connectivity index (χ0v) is 9.05. The summed E-state index contributed by atoms with van der Waals surface area (Å²) in [5.74, 6) is 2.02. The summed E-state index contributed by atoms with van der Waals surface area (Å²) in [7, 11) is 0. The van der Waals surface area contributed by atoms with Crippen LogP contribution in [-0.2, 0) is 0 Å². The van der Waals surface area contributed by atoms with Crippen LogP contribution in [0, 0.1) is 11.8 Å². The van der Waals surface area contributed by atoms with Crippen LogP contribution >= 0.6 is 0 Å². The molecule has 1 fully saturated rings. The summed E-state index contributed by atoms with van der Waals surface area (Å²) in [4.78, 5) is 0. The molecule has 1 heteroatoms. The van der Waals surface area contributed by atoms with Gasteiger partial charge in [0.1, 0.15) is 0 Å². The fourth-order valence-corrected chi connectivity index (χ4v) is 2.17. The summed E-state index contributed by atoms with van der Waals surface area (Å²) in [6.07, 6.45) is 7.45. The van der Waals surface area contributed by atoms with E-state index < -0.39 is 0 Å². The first-order valence-corrected chi connectivity index (χ1v) is 5.62. The van der Waals surface area contributed by atoms with Crippen molar-refractivity contribution >= 4 is 0 Å². The Kier molecular flexibility index (Phi) is 4.51. The van der Waals surface area contributed by atoms with E-state index >= 15 is 0 Å². The molecule has 0 spiro atoms. The monoisotopic (exact) mass is 181 g/mol. The van der Waals surface area contributed by atoms with Crippen molar-refractivity contribution in [1.82, 2.24) is 5.32 Å². The zero-order chi connectivity index (χ0) is 9.68. The summed E-state index contributed by atoms with van der Waals surface area (Å²) in [6, 6.07) is 0.712. The van der Waals surface area contributed by atoms with Crippen LogP contribution in [0.3, 0.4) is 0 Å². The lowest BCUT2D eigenvalue weighted by Gasteiger charge is -2.11. The van der Waals surface area contributed by atoms with E-state index in [0.717, 1.165) is 18.4 Å². The van der Waals surface area contributed by atoms with Crippen molar-refractivity contribution in [3.63, 3.8) is 0 Å². The van der Waals surface area contributed by atoms with Gasteiger partial charge < -0.3 is 5.32 Å². The van der Waals surface area contributed by atoms with Gasteiger partial charge >= 0.3 is 0 Å². The van der Waals surface area contributed by atoms with Gasteiger partial charge in [0, 0.05) is 6.04 Å². The Bertz CT molecular complexity index is 153. The van der Waals surface area contributed by atoms with Crippen LogP contribution in [0.1, 0.15) is 39.5 Å². The Morgan fingerprint density at radius 1 is 1.54 bits per heavy atom. The first-order chi connectivity index (χ1) is 6.27. The van der Waals surface area contributed by atoms with E-state index in [9.17, 15) is 0 Å². The molecule has 13 heavy (non-hydrogen) atoms. The van der Waals surface area contributed by atoms with Crippen molar-refractivity contribution in [2.75, 3.05) is 6.54 Å². The summed E-state index contributed by atoms with van der Waals surface area (Å²) in [5, 5.41) is 3.47. The maximum absolute atomic E-state index is 3.76. The Morgan fingerprint density at radius 2 is 2.31 bits per heavy atom. The normalized spacial score (nSPS) is 28.5. The molecule has 1 aliphatic carbocycles. The predicted molar refractivity (Wildman–Crippen MR) is 58.8 cm³/mol. The molecular weight excluding hydrogens is 158 g/mol. The van der Waals surface area contributed by atoms with Crippen molar-refractivity contribution < 1.29 is 0 Å². The van der Waals surface area contributed by atoms with Gasteiger partial charge in [-0.3, -0.25) is 0 Å². The third-order valence-electron chi connectivity index (χ3n) is 3.02. The average Bonchev–Trinajstić information content (AvgIpc) is 2.80. The van der Waals surface area contributed by atoms with E-state index in [-0.39, 0.29) is 0 Å². The Labute approximate surface area is 82.6 Å². The Morgan fingerprint density at radius 3 is 2.92 bits per heavy atom. The second-order valence-electron chi connectivity index (χ2n) is 4.32. The van der Waals surface area contributed by atoms with Crippen molar-refractivity contribution in [1.29, 1.82) is 0 Å². The second-order valence-corrected chi connectivity index (χ2v) is 4.32. The number of nitrogens with one attached hydrogen (secondary N) is 1. The highest BCUT2D eigenvalue weighted by atomic mass is 14.9. The van der Waals surface area contributed by atoms with Crippen molar-refractivity contribution in [3.8, 4) is 0 Å². The summed E-state index contributed by atoms with van der Waals surface area (Å²) in [6.45, 7) is 9.34. The molecule has 1 rings (SSSR count). The molecule has 0 bridgehead atoms. The highest BCUT2D eigenvalue weighted by Gasteiger charge is 2.36. The topological polar surface area (TPSA) is 12.0 Å². The predicted octanol–water partition coefficient (Wildman–Crippen LogP) is 2.98. The molecule has 0 aliphatic heterocycles. The Hall–Kier alpha value is -0.300. The van der Waals surface area contributed by atoms with Gasteiger partial charge in [0.25, 0.3) is 0 Å². The van der Waals surface area contributed by atoms with Gasteiger partial charge in [0.2, 0.25) is 0 Å². The van der Waals surface area contributed by atoms with E-state index in [1.165, 1.54) is 25.7 Å². The molecule has 1 nitrogen and oxygen atoms in total. The molecule has 0 radical (unpaired) electrons. The van der Waals surface area contributed by atoms with E-state index in [1.807, 2.05) is 6.08 Å². The fourth-order valence-electron chi connectivity index (χ4n) is 2.17. The first-order valence-electron chi connectivity index (χ1n) is 5.62. The molecule has 76 valence electrons. The van der Waals surface area contributed by atoms with Crippen LogP contribution in [0.25, 0.3) is 0 Å². The molecule has 1 saturated carbocycles. The molecule has 0 aromatic heterocycles. The molecule has 0 aromatic rings. The van der Waals surface area contributed by atoms with Crippen molar-refractivity contribution in [3.05, 3.63) is 12.7 Å². The van der Waals surface area contributed by atoms with Crippen molar-refractivity contribution in [2.24, 2.45) is 11.8 Å². The maximum Gasteiger partial charge on any atom is 0.00413 e. The fraction of sp³-hybridized carbons (Fsp3) is 0.833. The van der Waals surface area contributed by atoms with E-state index in [4.69, 9.17) is 0 Å². The van der Waals surface area contributed by atoms with E-state index in [0.29, 0.717) is 6.04 Å². The van der Waals surface area contributed by atoms with E-state index in [2.05, 4.69) is 25.7 Å². The SMILES string of the molecule is C=CCCC1CC1CC(C)NCC. The third kappa shape index (κ3) is 3.95. The summed E-state index contributed by atoms with van der Waals surface area (Å²) >= 11 is 0. The molecule has 3 atom stereocenters. The molecule has 1 N–H and O–H groups in total. The second kappa shape index (κ2) is 5.43. The highest BCUT2D eigenvalue weighted by Crippen LogP contribution is 2.45. The summed E-state index contributed by atoms with van der Waals surface area (Å²) < 4.78 is 0. The molecular formula is C12H23N. The highest BCUT2D eigenvalue weighted by molar-refractivity contribution is 4.89. The molecule has 0 amide bonds. The van der Waals surface area contributed by atoms with E-state index in [1.54, 1.807) is 0 Å². The minimum atomic E-state index is 0.712. The molecule has 3 unspecified atom stereocenters. The summed E-state index contributed by atoms with van der Waals surface area (Å²) in [5.41, 5.74) is 0. The van der Waals surface area contributed by atoms with Crippen LogP contribution in [0.15, 0.2) is 12.7 Å². The first kappa shape index (κ1) is 10.8. The number of allylic oxidation sites excluding steroid dienone is 1. The lowest BCUT2D eigenvalue weighted by Crippen LogP contribution is -2.26. The average molecular weight is 181 g/mol. The van der Waals surface area contributed by atoms with Gasteiger partial charge in [-0.15, -0.1) is 6.58 Å².